The van der Waals surface area contributed by atoms with Crippen LogP contribution in [0, 0.1) is 0 Å². The summed E-state index contributed by atoms with van der Waals surface area (Å²) in [6, 6.07) is 9.66. The molecular weight excluding hydrogens is 204 g/mol. The highest BCUT2D eigenvalue weighted by atomic mass is 35.6. The Morgan fingerprint density at radius 3 is 2.38 bits per heavy atom. The molecule has 0 spiro atoms. The van der Waals surface area contributed by atoms with Gasteiger partial charge in [-0.3, -0.25) is 0 Å². The second-order valence-electron chi connectivity index (χ2n) is 2.54. The summed E-state index contributed by atoms with van der Waals surface area (Å²) in [5.74, 6) is 0. The van der Waals surface area contributed by atoms with Crippen LogP contribution in [-0.4, -0.2) is 21.6 Å². The van der Waals surface area contributed by atoms with Gasteiger partial charge in [0.25, 0.3) is 0 Å². The minimum atomic E-state index is -2.63. The molecule has 1 rings (SSSR count). The quantitative estimate of drug-likeness (QED) is 0.564. The van der Waals surface area contributed by atoms with E-state index in [1.54, 1.807) is 7.11 Å². The molecule has 0 aromatic heterocycles. The van der Waals surface area contributed by atoms with Crippen molar-refractivity contribution in [2.45, 2.75) is 6.92 Å². The maximum absolute atomic E-state index is 6.24. The van der Waals surface area contributed by atoms with Crippen LogP contribution in [0.15, 0.2) is 30.3 Å². The van der Waals surface area contributed by atoms with Crippen LogP contribution in [0.2, 0.25) is 0 Å². The van der Waals surface area contributed by atoms with Gasteiger partial charge in [-0.25, -0.2) is 0 Å². The van der Waals surface area contributed by atoms with Gasteiger partial charge in [-0.15, -0.1) is 0 Å². The smallest absolute Gasteiger partial charge is 0.383 e. The lowest BCUT2D eigenvalue weighted by atomic mass is 10.4. The maximum Gasteiger partial charge on any atom is 0.478 e. The van der Waals surface area contributed by atoms with Crippen LogP contribution >= 0.6 is 11.1 Å². The molecule has 0 bridgehead atoms. The van der Waals surface area contributed by atoms with Crippen molar-refractivity contribution in [3.8, 4) is 0 Å². The lowest BCUT2D eigenvalue weighted by Gasteiger charge is -2.21. The van der Waals surface area contributed by atoms with E-state index in [0.717, 1.165) is 5.19 Å². The van der Waals surface area contributed by atoms with Crippen molar-refractivity contribution in [3.05, 3.63) is 30.3 Å². The van der Waals surface area contributed by atoms with Crippen molar-refractivity contribution >= 4 is 24.1 Å². The third kappa shape index (κ3) is 2.54. The zero-order chi connectivity index (χ0) is 9.73. The first-order valence-electron chi connectivity index (χ1n) is 4.16. The Morgan fingerprint density at radius 2 is 1.92 bits per heavy atom. The summed E-state index contributed by atoms with van der Waals surface area (Å²) in [7, 11) is -1.04. The minimum Gasteiger partial charge on any atom is -0.383 e. The second-order valence-corrected chi connectivity index (χ2v) is 6.38. The first-order chi connectivity index (χ1) is 6.23. The number of halogens is 1. The summed E-state index contributed by atoms with van der Waals surface area (Å²) in [6.45, 7) is 2.48. The fourth-order valence-corrected chi connectivity index (χ4v) is 3.27. The summed E-state index contributed by atoms with van der Waals surface area (Å²) in [6.07, 6.45) is 0. The third-order valence-electron chi connectivity index (χ3n) is 1.71. The summed E-state index contributed by atoms with van der Waals surface area (Å²) < 4.78 is 10.7. The van der Waals surface area contributed by atoms with E-state index in [0.29, 0.717) is 6.61 Å². The Morgan fingerprint density at radius 1 is 1.31 bits per heavy atom. The largest absolute Gasteiger partial charge is 0.478 e. The summed E-state index contributed by atoms with van der Waals surface area (Å²) in [5, 5.41) is 0.945. The molecular formula is C9H13ClO2Si. The van der Waals surface area contributed by atoms with Crippen molar-refractivity contribution in [2.75, 3.05) is 13.7 Å². The summed E-state index contributed by atoms with van der Waals surface area (Å²) >= 11 is 6.24. The van der Waals surface area contributed by atoms with Gasteiger partial charge in [0.2, 0.25) is 0 Å². The van der Waals surface area contributed by atoms with Crippen LogP contribution < -0.4 is 5.19 Å². The van der Waals surface area contributed by atoms with Gasteiger partial charge in [0, 0.05) is 18.9 Å². The molecule has 1 atom stereocenters. The van der Waals surface area contributed by atoms with Crippen LogP contribution in [0.4, 0.5) is 0 Å². The molecule has 0 N–H and O–H groups in total. The molecule has 1 unspecified atom stereocenters. The molecule has 0 aliphatic heterocycles. The molecule has 13 heavy (non-hydrogen) atoms. The average Bonchev–Trinajstić information content (AvgIpc) is 2.19. The minimum absolute atomic E-state index is 0.568. The number of rotatable bonds is 4. The number of hydrogen-bond donors (Lipinski definition) is 0. The zero-order valence-corrected chi connectivity index (χ0v) is 9.54. The van der Waals surface area contributed by atoms with Gasteiger partial charge in [0.1, 0.15) is 0 Å². The van der Waals surface area contributed by atoms with E-state index < -0.39 is 7.87 Å². The predicted molar refractivity (Wildman–Crippen MR) is 56.3 cm³/mol. The highest BCUT2D eigenvalue weighted by molar-refractivity contribution is 7.20. The van der Waals surface area contributed by atoms with Crippen molar-refractivity contribution in [1.82, 2.24) is 0 Å². The molecule has 2 nitrogen and oxygen atoms in total. The summed E-state index contributed by atoms with van der Waals surface area (Å²) in [5.41, 5.74) is 0. The molecule has 0 aliphatic rings. The van der Waals surface area contributed by atoms with E-state index in [1.807, 2.05) is 37.3 Å². The molecule has 0 saturated carbocycles. The fourth-order valence-electron chi connectivity index (χ4n) is 1.08. The zero-order valence-electron chi connectivity index (χ0n) is 7.79. The normalized spacial score (nSPS) is 15.3. The first kappa shape index (κ1) is 10.7. The highest BCUT2D eigenvalue weighted by Crippen LogP contribution is 2.11. The Kier molecular flexibility index (Phi) is 3.93. The van der Waals surface area contributed by atoms with Crippen LogP contribution in [0.1, 0.15) is 6.92 Å². The fraction of sp³-hybridized carbons (Fsp3) is 0.333. The van der Waals surface area contributed by atoms with Gasteiger partial charge in [-0.1, -0.05) is 41.4 Å². The Bertz CT molecular complexity index is 255. The monoisotopic (exact) mass is 216 g/mol. The molecule has 0 saturated heterocycles. The van der Waals surface area contributed by atoms with E-state index >= 15 is 0 Å². The first-order valence-corrected chi connectivity index (χ1v) is 6.99. The van der Waals surface area contributed by atoms with Gasteiger partial charge >= 0.3 is 7.87 Å². The van der Waals surface area contributed by atoms with Gasteiger partial charge in [-0.05, 0) is 6.92 Å². The van der Waals surface area contributed by atoms with Crippen molar-refractivity contribution in [2.24, 2.45) is 0 Å². The molecule has 0 amide bonds. The molecule has 0 heterocycles. The van der Waals surface area contributed by atoms with Crippen LogP contribution in [0.5, 0.6) is 0 Å². The van der Waals surface area contributed by atoms with Crippen LogP contribution in [0.3, 0.4) is 0 Å². The van der Waals surface area contributed by atoms with Gasteiger partial charge in [0.15, 0.2) is 0 Å². The molecule has 1 aromatic rings. The van der Waals surface area contributed by atoms with Crippen molar-refractivity contribution in [3.63, 3.8) is 0 Å². The number of hydrogen-bond acceptors (Lipinski definition) is 2. The summed E-state index contributed by atoms with van der Waals surface area (Å²) in [4.78, 5) is 0. The maximum atomic E-state index is 6.24. The third-order valence-corrected chi connectivity index (χ3v) is 5.36. The van der Waals surface area contributed by atoms with Gasteiger partial charge in [-0.2, -0.15) is 0 Å². The molecule has 72 valence electrons. The molecule has 0 fully saturated rings. The molecule has 0 radical (unpaired) electrons. The standard InChI is InChI=1S/C9H13ClO2Si/c1-3-12-13(10,11-2)9-7-5-4-6-8-9/h4-8H,3H2,1-2H3. The Balaban J connectivity index is 2.89. The van der Waals surface area contributed by atoms with E-state index in [2.05, 4.69) is 0 Å². The molecule has 1 aromatic carbocycles. The van der Waals surface area contributed by atoms with Crippen LogP contribution in [0.25, 0.3) is 0 Å². The van der Waals surface area contributed by atoms with E-state index in [4.69, 9.17) is 19.9 Å². The van der Waals surface area contributed by atoms with E-state index in [1.165, 1.54) is 0 Å². The second kappa shape index (κ2) is 4.76. The Labute approximate surface area is 84.4 Å². The lowest BCUT2D eigenvalue weighted by Crippen LogP contribution is -2.47. The Hall–Kier alpha value is -0.353. The number of benzene rings is 1. The van der Waals surface area contributed by atoms with Crippen molar-refractivity contribution in [1.29, 1.82) is 0 Å². The highest BCUT2D eigenvalue weighted by Gasteiger charge is 2.36. The van der Waals surface area contributed by atoms with E-state index in [9.17, 15) is 0 Å². The molecule has 4 heteroatoms. The lowest BCUT2D eigenvalue weighted by molar-refractivity contribution is 0.243. The predicted octanol–water partition coefficient (Wildman–Crippen LogP) is 1.75. The van der Waals surface area contributed by atoms with Gasteiger partial charge < -0.3 is 8.85 Å². The SMILES string of the molecule is CCO[Si](Cl)(OC)c1ccccc1. The molecule has 0 aliphatic carbocycles. The van der Waals surface area contributed by atoms with Crippen molar-refractivity contribution < 1.29 is 8.85 Å². The topological polar surface area (TPSA) is 18.5 Å². The van der Waals surface area contributed by atoms with Gasteiger partial charge in [0.05, 0.1) is 0 Å². The van der Waals surface area contributed by atoms with Crippen LogP contribution in [-0.2, 0) is 8.85 Å². The van der Waals surface area contributed by atoms with E-state index in [-0.39, 0.29) is 0 Å². The average molecular weight is 217 g/mol.